The third kappa shape index (κ3) is 4.24. The van der Waals surface area contributed by atoms with E-state index in [2.05, 4.69) is 5.32 Å². The van der Waals surface area contributed by atoms with Crippen molar-refractivity contribution in [3.05, 3.63) is 34.9 Å². The minimum Gasteiger partial charge on any atom is -0.451 e. The maximum Gasteiger partial charge on any atom is 0.329 e. The molecule has 0 saturated carbocycles. The molecule has 1 rings (SSSR count). The standard InChI is InChI=1S/C13H15ClN2O4/c1-7(13(19)20-8(2)11(15)17)16-12(18)9-5-3-4-6-10(9)14/h3-8H,1-2H3,(H2,15,17)(H,16,18)/t7-,8-/m0/s1. The molecule has 0 unspecified atom stereocenters. The van der Waals surface area contributed by atoms with Crippen LogP contribution in [0.3, 0.4) is 0 Å². The van der Waals surface area contributed by atoms with Crippen molar-refractivity contribution in [1.29, 1.82) is 0 Å². The summed E-state index contributed by atoms with van der Waals surface area (Å²) in [6.07, 6.45) is -1.05. The topological polar surface area (TPSA) is 98.5 Å². The van der Waals surface area contributed by atoms with Gasteiger partial charge in [0.1, 0.15) is 6.04 Å². The van der Waals surface area contributed by atoms with E-state index >= 15 is 0 Å². The van der Waals surface area contributed by atoms with Crippen molar-refractivity contribution < 1.29 is 19.1 Å². The molecule has 1 aromatic carbocycles. The van der Waals surface area contributed by atoms with E-state index in [9.17, 15) is 14.4 Å². The predicted octanol–water partition coefficient (Wildman–Crippen LogP) is 0.875. The summed E-state index contributed by atoms with van der Waals surface area (Å²) in [5.41, 5.74) is 5.22. The quantitative estimate of drug-likeness (QED) is 0.788. The second kappa shape index (κ2) is 6.91. The van der Waals surface area contributed by atoms with Gasteiger partial charge < -0.3 is 15.8 Å². The van der Waals surface area contributed by atoms with Crippen LogP contribution in [0.25, 0.3) is 0 Å². The van der Waals surface area contributed by atoms with Crippen molar-refractivity contribution in [2.24, 2.45) is 5.73 Å². The highest BCUT2D eigenvalue weighted by Crippen LogP contribution is 2.14. The first kappa shape index (κ1) is 16.0. The van der Waals surface area contributed by atoms with Gasteiger partial charge >= 0.3 is 5.97 Å². The Labute approximate surface area is 121 Å². The van der Waals surface area contributed by atoms with E-state index in [1.54, 1.807) is 18.2 Å². The molecular weight excluding hydrogens is 284 g/mol. The summed E-state index contributed by atoms with van der Waals surface area (Å²) in [7, 11) is 0. The third-order valence-corrected chi connectivity index (χ3v) is 2.84. The highest BCUT2D eigenvalue weighted by molar-refractivity contribution is 6.33. The molecule has 0 bridgehead atoms. The number of carbonyl (C=O) groups is 3. The molecule has 7 heteroatoms. The van der Waals surface area contributed by atoms with E-state index in [0.717, 1.165) is 0 Å². The number of hydrogen-bond acceptors (Lipinski definition) is 4. The Bertz CT molecular complexity index is 533. The van der Waals surface area contributed by atoms with Crippen molar-refractivity contribution in [3.63, 3.8) is 0 Å². The van der Waals surface area contributed by atoms with Crippen LogP contribution in [0.2, 0.25) is 5.02 Å². The lowest BCUT2D eigenvalue weighted by atomic mass is 10.2. The van der Waals surface area contributed by atoms with Crippen LogP contribution >= 0.6 is 11.6 Å². The number of nitrogens with two attached hydrogens (primary N) is 1. The molecule has 0 saturated heterocycles. The minimum atomic E-state index is -1.05. The summed E-state index contributed by atoms with van der Waals surface area (Å²) >= 11 is 5.87. The van der Waals surface area contributed by atoms with Gasteiger partial charge in [-0.15, -0.1) is 0 Å². The zero-order chi connectivity index (χ0) is 15.3. The Hall–Kier alpha value is -2.08. The Morgan fingerprint density at radius 1 is 1.25 bits per heavy atom. The van der Waals surface area contributed by atoms with Crippen molar-refractivity contribution in [1.82, 2.24) is 5.32 Å². The van der Waals surface area contributed by atoms with Gasteiger partial charge in [0.25, 0.3) is 11.8 Å². The van der Waals surface area contributed by atoms with E-state index in [0.29, 0.717) is 0 Å². The van der Waals surface area contributed by atoms with Crippen molar-refractivity contribution in [2.75, 3.05) is 0 Å². The first-order valence-electron chi connectivity index (χ1n) is 5.88. The molecule has 1 aromatic rings. The van der Waals surface area contributed by atoms with Gasteiger partial charge in [-0.05, 0) is 26.0 Å². The van der Waals surface area contributed by atoms with Crippen LogP contribution in [0.5, 0.6) is 0 Å². The molecule has 0 aromatic heterocycles. The zero-order valence-electron chi connectivity index (χ0n) is 11.1. The highest BCUT2D eigenvalue weighted by atomic mass is 35.5. The number of nitrogens with one attached hydrogen (secondary N) is 1. The van der Waals surface area contributed by atoms with Crippen LogP contribution in [0, 0.1) is 0 Å². The van der Waals surface area contributed by atoms with Crippen LogP contribution < -0.4 is 11.1 Å². The summed E-state index contributed by atoms with van der Waals surface area (Å²) in [6, 6.07) is 5.50. The van der Waals surface area contributed by atoms with E-state index < -0.39 is 29.9 Å². The lowest BCUT2D eigenvalue weighted by Crippen LogP contribution is -2.42. The maximum absolute atomic E-state index is 11.9. The van der Waals surface area contributed by atoms with Crippen molar-refractivity contribution >= 4 is 29.4 Å². The number of esters is 1. The van der Waals surface area contributed by atoms with Crippen LogP contribution in [0.1, 0.15) is 24.2 Å². The van der Waals surface area contributed by atoms with Gasteiger partial charge in [-0.25, -0.2) is 4.79 Å². The van der Waals surface area contributed by atoms with Gasteiger partial charge in [-0.1, -0.05) is 23.7 Å². The fraction of sp³-hybridized carbons (Fsp3) is 0.308. The first-order valence-corrected chi connectivity index (χ1v) is 6.26. The van der Waals surface area contributed by atoms with E-state index in [1.807, 2.05) is 0 Å². The number of primary amides is 1. The molecule has 0 fully saturated rings. The Morgan fingerprint density at radius 3 is 2.40 bits per heavy atom. The van der Waals surface area contributed by atoms with Crippen LogP contribution in [-0.2, 0) is 14.3 Å². The molecule has 2 atom stereocenters. The number of halogens is 1. The normalized spacial score (nSPS) is 13.2. The van der Waals surface area contributed by atoms with Gasteiger partial charge in [-0.2, -0.15) is 0 Å². The summed E-state index contributed by atoms with van der Waals surface area (Å²) < 4.78 is 4.78. The molecule has 0 aliphatic rings. The van der Waals surface area contributed by atoms with Crippen LogP contribution in [0.15, 0.2) is 24.3 Å². The highest BCUT2D eigenvalue weighted by Gasteiger charge is 2.22. The zero-order valence-corrected chi connectivity index (χ0v) is 11.8. The maximum atomic E-state index is 11.9. The molecule has 20 heavy (non-hydrogen) atoms. The summed E-state index contributed by atoms with van der Waals surface area (Å²) in [6.45, 7) is 2.79. The molecule has 0 aliphatic carbocycles. The molecule has 3 N–H and O–H groups in total. The Kier molecular flexibility index (Phi) is 5.52. The SMILES string of the molecule is C[C@H](NC(=O)c1ccccc1Cl)C(=O)O[C@@H](C)C(N)=O. The smallest absolute Gasteiger partial charge is 0.329 e. The molecular formula is C13H15ClN2O4. The van der Waals surface area contributed by atoms with Crippen molar-refractivity contribution in [3.8, 4) is 0 Å². The van der Waals surface area contributed by atoms with Gasteiger partial charge in [0, 0.05) is 0 Å². The van der Waals surface area contributed by atoms with E-state index in [4.69, 9.17) is 22.1 Å². The first-order chi connectivity index (χ1) is 9.32. The molecule has 108 valence electrons. The molecule has 6 nitrogen and oxygen atoms in total. The number of hydrogen-bond donors (Lipinski definition) is 2. The minimum absolute atomic E-state index is 0.247. The fourth-order valence-electron chi connectivity index (χ4n) is 1.31. The second-order valence-corrected chi connectivity index (χ2v) is 4.56. The summed E-state index contributed by atoms with van der Waals surface area (Å²) in [4.78, 5) is 34.3. The summed E-state index contributed by atoms with van der Waals surface area (Å²) in [5, 5.41) is 2.71. The average Bonchev–Trinajstić information content (AvgIpc) is 2.38. The fourth-order valence-corrected chi connectivity index (χ4v) is 1.53. The molecule has 0 radical (unpaired) electrons. The lowest BCUT2D eigenvalue weighted by Gasteiger charge is -2.16. The number of ether oxygens (including phenoxy) is 1. The van der Waals surface area contributed by atoms with Crippen LogP contribution in [0.4, 0.5) is 0 Å². The monoisotopic (exact) mass is 298 g/mol. The molecule has 0 heterocycles. The van der Waals surface area contributed by atoms with Gasteiger partial charge in [-0.3, -0.25) is 9.59 Å². The largest absolute Gasteiger partial charge is 0.451 e. The average molecular weight is 299 g/mol. The molecule has 2 amide bonds. The van der Waals surface area contributed by atoms with Gasteiger partial charge in [0.15, 0.2) is 6.10 Å². The van der Waals surface area contributed by atoms with E-state index in [1.165, 1.54) is 19.9 Å². The molecule has 0 aliphatic heterocycles. The lowest BCUT2D eigenvalue weighted by molar-refractivity contribution is -0.155. The Morgan fingerprint density at radius 2 is 1.85 bits per heavy atom. The number of benzene rings is 1. The predicted molar refractivity (Wildman–Crippen MR) is 73.1 cm³/mol. The number of carbonyl (C=O) groups excluding carboxylic acids is 3. The second-order valence-electron chi connectivity index (χ2n) is 4.16. The molecule has 0 spiro atoms. The van der Waals surface area contributed by atoms with Gasteiger partial charge in [0.2, 0.25) is 0 Å². The van der Waals surface area contributed by atoms with Gasteiger partial charge in [0.05, 0.1) is 10.6 Å². The number of rotatable bonds is 5. The van der Waals surface area contributed by atoms with Crippen LogP contribution in [-0.4, -0.2) is 29.9 Å². The Balaban J connectivity index is 2.64. The summed E-state index contributed by atoms with van der Waals surface area (Å²) in [5.74, 6) is -2.02. The van der Waals surface area contributed by atoms with Crippen molar-refractivity contribution in [2.45, 2.75) is 26.0 Å². The number of amides is 2. The van der Waals surface area contributed by atoms with E-state index in [-0.39, 0.29) is 10.6 Å². The third-order valence-electron chi connectivity index (χ3n) is 2.51.